The van der Waals surface area contributed by atoms with E-state index in [1.807, 2.05) is 0 Å². The molecule has 0 amide bonds. The first kappa shape index (κ1) is 11.3. The summed E-state index contributed by atoms with van der Waals surface area (Å²) in [5.74, 6) is -0.431. The van der Waals surface area contributed by atoms with Crippen molar-refractivity contribution in [3.8, 4) is 0 Å². The van der Waals surface area contributed by atoms with Gasteiger partial charge in [-0.1, -0.05) is 6.07 Å². The SMILES string of the molecule is O=Cc1cc(F)ccc1B1OCCCCO1. The van der Waals surface area contributed by atoms with E-state index in [9.17, 15) is 9.18 Å². The predicted octanol–water partition coefficient (Wildman–Crippen LogP) is 1.16. The fraction of sp³-hybridized carbons (Fsp3) is 0.364. The molecule has 3 nitrogen and oxygen atoms in total. The molecule has 1 aromatic rings. The maximum Gasteiger partial charge on any atom is 0.494 e. The lowest BCUT2D eigenvalue weighted by molar-refractivity contribution is 0.112. The van der Waals surface area contributed by atoms with Gasteiger partial charge in [0.1, 0.15) is 12.1 Å². The summed E-state index contributed by atoms with van der Waals surface area (Å²) >= 11 is 0. The second-order valence-electron chi connectivity index (χ2n) is 3.67. The summed E-state index contributed by atoms with van der Waals surface area (Å²) < 4.78 is 23.9. The van der Waals surface area contributed by atoms with Crippen LogP contribution in [0.4, 0.5) is 4.39 Å². The average Bonchev–Trinajstić information content (AvgIpc) is 2.57. The molecule has 1 saturated heterocycles. The Kier molecular flexibility index (Phi) is 3.69. The third kappa shape index (κ3) is 2.48. The number of aldehydes is 1. The number of carbonyl (C=O) groups is 1. The highest BCUT2D eigenvalue weighted by atomic mass is 19.1. The Morgan fingerprint density at radius 2 is 1.94 bits per heavy atom. The van der Waals surface area contributed by atoms with E-state index in [0.717, 1.165) is 12.8 Å². The minimum atomic E-state index is -0.553. The summed E-state index contributed by atoms with van der Waals surface area (Å²) in [6.07, 6.45) is 2.50. The predicted molar refractivity (Wildman–Crippen MR) is 58.3 cm³/mol. The first-order valence-corrected chi connectivity index (χ1v) is 5.29. The molecule has 0 bridgehead atoms. The van der Waals surface area contributed by atoms with E-state index in [-0.39, 0.29) is 5.56 Å². The van der Waals surface area contributed by atoms with Gasteiger partial charge in [-0.15, -0.1) is 0 Å². The van der Waals surface area contributed by atoms with Crippen molar-refractivity contribution < 1.29 is 18.5 Å². The topological polar surface area (TPSA) is 35.5 Å². The maximum absolute atomic E-state index is 12.9. The van der Waals surface area contributed by atoms with Gasteiger partial charge in [0.2, 0.25) is 0 Å². The molecule has 0 aliphatic carbocycles. The minimum absolute atomic E-state index is 0.284. The van der Waals surface area contributed by atoms with E-state index in [0.29, 0.717) is 25.0 Å². The van der Waals surface area contributed by atoms with E-state index in [2.05, 4.69) is 0 Å². The van der Waals surface area contributed by atoms with E-state index in [1.54, 1.807) is 0 Å². The summed E-state index contributed by atoms with van der Waals surface area (Å²) in [4.78, 5) is 10.8. The summed E-state index contributed by atoms with van der Waals surface area (Å²) in [7, 11) is -0.553. The normalized spacial score (nSPS) is 16.9. The monoisotopic (exact) mass is 222 g/mol. The van der Waals surface area contributed by atoms with Gasteiger partial charge in [-0.25, -0.2) is 4.39 Å². The molecule has 1 heterocycles. The summed E-state index contributed by atoms with van der Waals surface area (Å²) in [6.45, 7) is 1.20. The molecule has 2 rings (SSSR count). The number of hydrogen-bond donors (Lipinski definition) is 0. The van der Waals surface area contributed by atoms with Crippen molar-refractivity contribution in [3.05, 3.63) is 29.6 Å². The van der Waals surface area contributed by atoms with Crippen LogP contribution in [0.1, 0.15) is 23.2 Å². The van der Waals surface area contributed by atoms with Crippen molar-refractivity contribution >= 4 is 18.9 Å². The Bertz CT molecular complexity index is 375. The Morgan fingerprint density at radius 3 is 2.56 bits per heavy atom. The number of hydrogen-bond acceptors (Lipinski definition) is 3. The van der Waals surface area contributed by atoms with E-state index in [1.165, 1.54) is 18.2 Å². The van der Waals surface area contributed by atoms with Crippen LogP contribution in [-0.4, -0.2) is 26.6 Å². The van der Waals surface area contributed by atoms with Crippen molar-refractivity contribution in [1.29, 1.82) is 0 Å². The number of carbonyl (C=O) groups excluding carboxylic acids is 1. The van der Waals surface area contributed by atoms with Crippen LogP contribution in [0.3, 0.4) is 0 Å². The molecule has 1 aromatic carbocycles. The van der Waals surface area contributed by atoms with Crippen molar-refractivity contribution in [3.63, 3.8) is 0 Å². The highest BCUT2D eigenvalue weighted by Gasteiger charge is 2.26. The molecular formula is C11H12BFO3. The molecule has 0 atom stereocenters. The average molecular weight is 222 g/mol. The molecule has 1 aliphatic rings. The molecule has 16 heavy (non-hydrogen) atoms. The zero-order valence-corrected chi connectivity index (χ0v) is 8.82. The minimum Gasteiger partial charge on any atom is -0.407 e. The fourth-order valence-electron chi connectivity index (χ4n) is 1.67. The zero-order valence-electron chi connectivity index (χ0n) is 8.82. The van der Waals surface area contributed by atoms with Crippen molar-refractivity contribution in [2.45, 2.75) is 12.8 Å². The van der Waals surface area contributed by atoms with E-state index < -0.39 is 12.9 Å². The fourth-order valence-corrected chi connectivity index (χ4v) is 1.67. The third-order valence-electron chi connectivity index (χ3n) is 2.51. The van der Waals surface area contributed by atoms with Crippen LogP contribution in [0.15, 0.2) is 18.2 Å². The first-order valence-electron chi connectivity index (χ1n) is 5.29. The Morgan fingerprint density at radius 1 is 1.25 bits per heavy atom. The standard InChI is InChI=1S/C11H12BFO3/c13-10-3-4-11(9(7-10)8-14)12-15-5-1-2-6-16-12/h3-4,7-8H,1-2,5-6H2. The van der Waals surface area contributed by atoms with E-state index in [4.69, 9.17) is 9.31 Å². The third-order valence-corrected chi connectivity index (χ3v) is 2.51. The lowest BCUT2D eigenvalue weighted by atomic mass is 9.76. The quantitative estimate of drug-likeness (QED) is 0.556. The molecule has 0 unspecified atom stereocenters. The van der Waals surface area contributed by atoms with Crippen molar-refractivity contribution in [2.75, 3.05) is 13.2 Å². The molecule has 84 valence electrons. The van der Waals surface area contributed by atoms with Crippen LogP contribution in [0.2, 0.25) is 0 Å². The Hall–Kier alpha value is -1.20. The molecule has 0 saturated carbocycles. The lowest BCUT2D eigenvalue weighted by Crippen LogP contribution is -2.38. The number of benzene rings is 1. The van der Waals surface area contributed by atoms with Gasteiger partial charge < -0.3 is 9.31 Å². The number of rotatable bonds is 2. The van der Waals surface area contributed by atoms with Crippen LogP contribution >= 0.6 is 0 Å². The molecule has 0 spiro atoms. The zero-order chi connectivity index (χ0) is 11.4. The molecule has 1 fully saturated rings. The maximum atomic E-state index is 12.9. The van der Waals surface area contributed by atoms with Gasteiger partial charge in [0.15, 0.2) is 0 Å². The van der Waals surface area contributed by atoms with Crippen LogP contribution in [-0.2, 0) is 9.31 Å². The second kappa shape index (κ2) is 5.23. The second-order valence-corrected chi connectivity index (χ2v) is 3.67. The van der Waals surface area contributed by atoms with Crippen LogP contribution in [0, 0.1) is 5.82 Å². The molecule has 0 N–H and O–H groups in total. The summed E-state index contributed by atoms with van der Waals surface area (Å²) in [5.41, 5.74) is 0.880. The summed E-state index contributed by atoms with van der Waals surface area (Å²) in [6, 6.07) is 4.04. The highest BCUT2D eigenvalue weighted by molar-refractivity contribution is 6.62. The molecule has 1 aliphatic heterocycles. The largest absolute Gasteiger partial charge is 0.494 e. The van der Waals surface area contributed by atoms with Crippen LogP contribution < -0.4 is 5.46 Å². The van der Waals surface area contributed by atoms with Gasteiger partial charge >= 0.3 is 7.12 Å². The van der Waals surface area contributed by atoms with E-state index >= 15 is 0 Å². The summed E-state index contributed by atoms with van der Waals surface area (Å²) in [5, 5.41) is 0. The van der Waals surface area contributed by atoms with Gasteiger partial charge in [-0.3, -0.25) is 4.79 Å². The van der Waals surface area contributed by atoms with Gasteiger partial charge in [0.25, 0.3) is 0 Å². The Balaban J connectivity index is 2.26. The van der Waals surface area contributed by atoms with Gasteiger partial charge in [0.05, 0.1) is 0 Å². The van der Waals surface area contributed by atoms with Gasteiger partial charge in [-0.05, 0) is 30.4 Å². The molecule has 5 heteroatoms. The lowest BCUT2D eigenvalue weighted by Gasteiger charge is -2.12. The first-order chi connectivity index (χ1) is 7.81. The van der Waals surface area contributed by atoms with Crippen LogP contribution in [0.25, 0.3) is 0 Å². The highest BCUT2D eigenvalue weighted by Crippen LogP contribution is 2.07. The molecular weight excluding hydrogens is 210 g/mol. The van der Waals surface area contributed by atoms with Crippen molar-refractivity contribution in [2.24, 2.45) is 0 Å². The molecule has 0 aromatic heterocycles. The van der Waals surface area contributed by atoms with Gasteiger partial charge in [0, 0.05) is 18.8 Å². The van der Waals surface area contributed by atoms with Gasteiger partial charge in [-0.2, -0.15) is 0 Å². The van der Waals surface area contributed by atoms with Crippen LogP contribution in [0.5, 0.6) is 0 Å². The smallest absolute Gasteiger partial charge is 0.407 e. The van der Waals surface area contributed by atoms with Crippen molar-refractivity contribution in [1.82, 2.24) is 0 Å². The molecule has 0 radical (unpaired) electrons. The number of halogens is 1. The Labute approximate surface area is 93.7 Å².